The molecule has 1 saturated carbocycles. The Kier molecular flexibility index (Phi) is 5.62. The van der Waals surface area contributed by atoms with Crippen molar-refractivity contribution in [3.63, 3.8) is 0 Å². The van der Waals surface area contributed by atoms with Crippen molar-refractivity contribution in [3.8, 4) is 0 Å². The van der Waals surface area contributed by atoms with E-state index in [1.54, 1.807) is 0 Å². The maximum atomic E-state index is 12.1. The molecule has 1 saturated heterocycles. The van der Waals surface area contributed by atoms with Crippen molar-refractivity contribution in [2.45, 2.75) is 51.9 Å². The number of nitrogens with one attached hydrogen (secondary N) is 2. The molecule has 5 nitrogen and oxygen atoms in total. The molecule has 1 aliphatic heterocycles. The van der Waals surface area contributed by atoms with E-state index in [1.165, 1.54) is 0 Å². The third-order valence-electron chi connectivity index (χ3n) is 5.24. The lowest BCUT2D eigenvalue weighted by Gasteiger charge is -2.36. The zero-order chi connectivity index (χ0) is 15.3. The Labute approximate surface area is 126 Å². The highest BCUT2D eigenvalue weighted by Crippen LogP contribution is 2.38. The highest BCUT2D eigenvalue weighted by atomic mass is 16.4. The van der Waals surface area contributed by atoms with Crippen LogP contribution in [-0.4, -0.2) is 36.6 Å². The Morgan fingerprint density at radius 2 is 1.81 bits per heavy atom. The van der Waals surface area contributed by atoms with Gasteiger partial charge in [0.05, 0.1) is 5.41 Å². The van der Waals surface area contributed by atoms with Crippen molar-refractivity contribution in [3.05, 3.63) is 0 Å². The standard InChI is InChI=1S/C16H28N2O3/c1-12-2-6-16(7-3-12,15(20)21)11-18-14(19)10-13-4-8-17-9-5-13/h12-13,17H,2-11H2,1H3,(H,18,19)(H,20,21). The number of carbonyl (C=O) groups is 2. The van der Waals surface area contributed by atoms with Crippen LogP contribution in [0.3, 0.4) is 0 Å². The lowest BCUT2D eigenvalue weighted by atomic mass is 9.70. The lowest BCUT2D eigenvalue weighted by molar-refractivity contribution is -0.151. The Balaban J connectivity index is 1.81. The van der Waals surface area contributed by atoms with Gasteiger partial charge in [0.1, 0.15) is 0 Å². The number of piperidine rings is 1. The van der Waals surface area contributed by atoms with Crippen LogP contribution >= 0.6 is 0 Å². The van der Waals surface area contributed by atoms with E-state index < -0.39 is 11.4 Å². The van der Waals surface area contributed by atoms with Gasteiger partial charge in [0.25, 0.3) is 0 Å². The predicted molar refractivity (Wildman–Crippen MR) is 80.9 cm³/mol. The van der Waals surface area contributed by atoms with Gasteiger partial charge in [0.2, 0.25) is 5.91 Å². The van der Waals surface area contributed by atoms with Gasteiger partial charge in [-0.1, -0.05) is 6.92 Å². The molecular formula is C16H28N2O3. The van der Waals surface area contributed by atoms with Gasteiger partial charge in [-0.05, 0) is 63.5 Å². The zero-order valence-corrected chi connectivity index (χ0v) is 13.0. The average Bonchev–Trinajstić information content (AvgIpc) is 2.48. The predicted octanol–water partition coefficient (Wildman–Crippen LogP) is 1.77. The van der Waals surface area contributed by atoms with Gasteiger partial charge in [-0.3, -0.25) is 9.59 Å². The minimum atomic E-state index is -0.753. The number of rotatable bonds is 5. The van der Waals surface area contributed by atoms with Crippen LogP contribution < -0.4 is 10.6 Å². The third-order valence-corrected chi connectivity index (χ3v) is 5.24. The molecule has 0 aromatic rings. The fraction of sp³-hybridized carbons (Fsp3) is 0.875. The summed E-state index contributed by atoms with van der Waals surface area (Å²) in [5, 5.41) is 15.7. The maximum absolute atomic E-state index is 12.1. The van der Waals surface area contributed by atoms with Crippen LogP contribution in [0.4, 0.5) is 0 Å². The van der Waals surface area contributed by atoms with Crippen LogP contribution in [0, 0.1) is 17.3 Å². The number of aliphatic carboxylic acids is 1. The monoisotopic (exact) mass is 296 g/mol. The first-order chi connectivity index (χ1) is 10.0. The van der Waals surface area contributed by atoms with Gasteiger partial charge in [0, 0.05) is 13.0 Å². The van der Waals surface area contributed by atoms with Crippen LogP contribution in [0.15, 0.2) is 0 Å². The smallest absolute Gasteiger partial charge is 0.311 e. The molecule has 0 atom stereocenters. The summed E-state index contributed by atoms with van der Waals surface area (Å²) in [6.07, 6.45) is 5.85. The van der Waals surface area contributed by atoms with E-state index in [9.17, 15) is 14.7 Å². The quantitative estimate of drug-likeness (QED) is 0.722. The SMILES string of the molecule is CC1CCC(CNC(=O)CC2CCNCC2)(C(=O)O)CC1. The first kappa shape index (κ1) is 16.3. The van der Waals surface area contributed by atoms with E-state index in [4.69, 9.17) is 0 Å². The first-order valence-corrected chi connectivity index (χ1v) is 8.23. The number of amides is 1. The summed E-state index contributed by atoms with van der Waals surface area (Å²) in [7, 11) is 0. The first-order valence-electron chi connectivity index (χ1n) is 8.23. The molecule has 0 aromatic carbocycles. The summed E-state index contributed by atoms with van der Waals surface area (Å²) in [5.74, 6) is 0.305. The molecule has 1 heterocycles. The summed E-state index contributed by atoms with van der Waals surface area (Å²) in [5.41, 5.74) is -0.740. The molecule has 0 spiro atoms. The molecule has 2 rings (SSSR count). The summed E-state index contributed by atoms with van der Waals surface area (Å²) in [4.78, 5) is 23.7. The van der Waals surface area contributed by atoms with E-state index >= 15 is 0 Å². The largest absolute Gasteiger partial charge is 0.481 e. The molecule has 120 valence electrons. The second kappa shape index (κ2) is 7.25. The summed E-state index contributed by atoms with van der Waals surface area (Å²) in [6, 6.07) is 0. The second-order valence-corrected chi connectivity index (χ2v) is 6.94. The van der Waals surface area contributed by atoms with Crippen molar-refractivity contribution < 1.29 is 14.7 Å². The molecular weight excluding hydrogens is 268 g/mol. The normalized spacial score (nSPS) is 30.8. The Morgan fingerprint density at radius 1 is 1.19 bits per heavy atom. The minimum absolute atomic E-state index is 0.0150. The molecule has 21 heavy (non-hydrogen) atoms. The molecule has 0 aromatic heterocycles. The van der Waals surface area contributed by atoms with Crippen molar-refractivity contribution >= 4 is 11.9 Å². The summed E-state index contributed by atoms with van der Waals surface area (Å²) >= 11 is 0. The van der Waals surface area contributed by atoms with E-state index in [0.717, 1.165) is 38.8 Å². The number of hydrogen-bond donors (Lipinski definition) is 3. The topological polar surface area (TPSA) is 78.4 Å². The molecule has 0 bridgehead atoms. The zero-order valence-electron chi connectivity index (χ0n) is 13.0. The summed E-state index contributed by atoms with van der Waals surface area (Å²) in [6.45, 7) is 4.42. The van der Waals surface area contributed by atoms with Gasteiger partial charge in [-0.15, -0.1) is 0 Å². The number of carbonyl (C=O) groups excluding carboxylic acids is 1. The van der Waals surface area contributed by atoms with Crippen LogP contribution in [-0.2, 0) is 9.59 Å². The molecule has 2 fully saturated rings. The van der Waals surface area contributed by atoms with Gasteiger partial charge >= 0.3 is 5.97 Å². The Morgan fingerprint density at radius 3 is 2.38 bits per heavy atom. The molecule has 1 amide bonds. The van der Waals surface area contributed by atoms with Crippen LogP contribution in [0.5, 0.6) is 0 Å². The molecule has 1 aliphatic carbocycles. The number of hydrogen-bond acceptors (Lipinski definition) is 3. The van der Waals surface area contributed by atoms with E-state index in [1.807, 2.05) is 0 Å². The van der Waals surface area contributed by atoms with Crippen molar-refractivity contribution in [2.24, 2.45) is 17.3 Å². The van der Waals surface area contributed by atoms with Gasteiger partial charge in [-0.2, -0.15) is 0 Å². The van der Waals surface area contributed by atoms with E-state index in [2.05, 4.69) is 17.6 Å². The van der Waals surface area contributed by atoms with Gasteiger partial charge < -0.3 is 15.7 Å². The average molecular weight is 296 g/mol. The highest BCUT2D eigenvalue weighted by Gasteiger charge is 2.41. The van der Waals surface area contributed by atoms with Crippen molar-refractivity contribution in [1.82, 2.24) is 10.6 Å². The van der Waals surface area contributed by atoms with Crippen molar-refractivity contribution in [2.75, 3.05) is 19.6 Å². The molecule has 0 radical (unpaired) electrons. The fourth-order valence-corrected chi connectivity index (χ4v) is 3.47. The van der Waals surface area contributed by atoms with Gasteiger partial charge in [0.15, 0.2) is 0 Å². The van der Waals surface area contributed by atoms with Crippen LogP contribution in [0.1, 0.15) is 51.9 Å². The number of carboxylic acid groups (broad SMARTS) is 1. The molecule has 3 N–H and O–H groups in total. The summed E-state index contributed by atoms with van der Waals surface area (Å²) < 4.78 is 0. The second-order valence-electron chi connectivity index (χ2n) is 6.94. The molecule has 0 unspecified atom stereocenters. The lowest BCUT2D eigenvalue weighted by Crippen LogP contribution is -2.45. The highest BCUT2D eigenvalue weighted by molar-refractivity contribution is 5.79. The Hall–Kier alpha value is -1.10. The van der Waals surface area contributed by atoms with E-state index in [-0.39, 0.29) is 5.91 Å². The van der Waals surface area contributed by atoms with Crippen molar-refractivity contribution in [1.29, 1.82) is 0 Å². The maximum Gasteiger partial charge on any atom is 0.311 e. The van der Waals surface area contributed by atoms with Crippen LogP contribution in [0.25, 0.3) is 0 Å². The van der Waals surface area contributed by atoms with Gasteiger partial charge in [-0.25, -0.2) is 0 Å². The van der Waals surface area contributed by atoms with Crippen LogP contribution in [0.2, 0.25) is 0 Å². The number of carboxylic acids is 1. The Bertz CT molecular complexity index is 370. The minimum Gasteiger partial charge on any atom is -0.481 e. The fourth-order valence-electron chi connectivity index (χ4n) is 3.47. The molecule has 2 aliphatic rings. The molecule has 5 heteroatoms. The third kappa shape index (κ3) is 4.43. The van der Waals surface area contributed by atoms with E-state index in [0.29, 0.717) is 37.6 Å².